The maximum atomic E-state index is 12.3. The zero-order chi connectivity index (χ0) is 19.6. The lowest BCUT2D eigenvalue weighted by Gasteiger charge is -2.38. The van der Waals surface area contributed by atoms with Gasteiger partial charge in [-0.05, 0) is 86.4 Å². The van der Waals surface area contributed by atoms with Gasteiger partial charge in [-0.25, -0.2) is 4.79 Å². The van der Waals surface area contributed by atoms with Crippen molar-refractivity contribution >= 4 is 34.4 Å². The first-order valence-corrected chi connectivity index (χ1v) is 10.1. The van der Waals surface area contributed by atoms with E-state index in [2.05, 4.69) is 54.2 Å². The molecule has 1 aliphatic heterocycles. The van der Waals surface area contributed by atoms with Gasteiger partial charge in [-0.15, -0.1) is 12.3 Å². The lowest BCUT2D eigenvalue weighted by Crippen LogP contribution is -2.50. The summed E-state index contributed by atoms with van der Waals surface area (Å²) in [6, 6.07) is 0. The third-order valence-electron chi connectivity index (χ3n) is 4.80. The van der Waals surface area contributed by atoms with Crippen LogP contribution >= 0.6 is 22.6 Å². The molecule has 0 saturated carbocycles. The summed E-state index contributed by atoms with van der Waals surface area (Å²) in [6.45, 7) is 15.1. The minimum Gasteiger partial charge on any atom is -0.444 e. The molecule has 0 spiro atoms. The summed E-state index contributed by atoms with van der Waals surface area (Å²) < 4.78 is 6.78. The van der Waals surface area contributed by atoms with Crippen LogP contribution in [0.3, 0.4) is 0 Å². The fourth-order valence-corrected chi connectivity index (χ4v) is 4.08. The van der Waals surface area contributed by atoms with Gasteiger partial charge in [0, 0.05) is 41.9 Å². The van der Waals surface area contributed by atoms with E-state index in [0.717, 1.165) is 13.1 Å². The number of anilines is 1. The first-order chi connectivity index (χ1) is 12.1. The van der Waals surface area contributed by atoms with Crippen LogP contribution in [0.1, 0.15) is 43.0 Å². The van der Waals surface area contributed by atoms with E-state index in [1.165, 1.54) is 31.5 Å². The number of benzene rings is 1. The van der Waals surface area contributed by atoms with Crippen LogP contribution in [0.4, 0.5) is 10.5 Å². The number of nitrogens with zero attached hydrogens (tertiary/aromatic N) is 2. The number of piperazine rings is 1. The molecule has 5 heteroatoms. The molecule has 1 aliphatic rings. The number of amides is 1. The summed E-state index contributed by atoms with van der Waals surface area (Å²) in [5.41, 5.74) is 5.92. The van der Waals surface area contributed by atoms with Crippen LogP contribution in [-0.2, 0) is 11.2 Å². The average molecular weight is 468 g/mol. The van der Waals surface area contributed by atoms with Gasteiger partial charge in [-0.2, -0.15) is 0 Å². The van der Waals surface area contributed by atoms with Crippen LogP contribution in [0.15, 0.2) is 0 Å². The molecular weight excluding hydrogens is 439 g/mol. The van der Waals surface area contributed by atoms with Gasteiger partial charge in [0.2, 0.25) is 0 Å². The van der Waals surface area contributed by atoms with Crippen LogP contribution in [0.5, 0.6) is 0 Å². The second-order valence-corrected chi connectivity index (χ2v) is 8.93. The van der Waals surface area contributed by atoms with Crippen molar-refractivity contribution in [3.05, 3.63) is 25.8 Å². The number of hydrogen-bond donors (Lipinski definition) is 0. The highest BCUT2D eigenvalue weighted by atomic mass is 127. The van der Waals surface area contributed by atoms with Crippen molar-refractivity contribution in [2.45, 2.75) is 53.6 Å². The van der Waals surface area contributed by atoms with Gasteiger partial charge in [0.25, 0.3) is 0 Å². The van der Waals surface area contributed by atoms with Crippen molar-refractivity contribution in [3.8, 4) is 12.3 Å². The zero-order valence-corrected chi connectivity index (χ0v) is 18.9. The van der Waals surface area contributed by atoms with Crippen molar-refractivity contribution in [3.63, 3.8) is 0 Å². The zero-order valence-electron chi connectivity index (χ0n) is 16.7. The Kier molecular flexibility index (Phi) is 6.49. The number of terminal acetylenes is 1. The molecule has 0 aliphatic carbocycles. The Morgan fingerprint density at radius 1 is 1.12 bits per heavy atom. The largest absolute Gasteiger partial charge is 0.444 e. The van der Waals surface area contributed by atoms with Crippen molar-refractivity contribution in [1.82, 2.24) is 4.90 Å². The molecule has 1 saturated heterocycles. The maximum absolute atomic E-state index is 12.3. The second kappa shape index (κ2) is 8.08. The smallest absolute Gasteiger partial charge is 0.410 e. The van der Waals surface area contributed by atoms with Crippen molar-refractivity contribution in [1.29, 1.82) is 0 Å². The van der Waals surface area contributed by atoms with Crippen LogP contribution in [-0.4, -0.2) is 42.8 Å². The molecule has 1 heterocycles. The highest BCUT2D eigenvalue weighted by molar-refractivity contribution is 14.1. The van der Waals surface area contributed by atoms with Crippen LogP contribution in [0.25, 0.3) is 0 Å². The molecule has 2 rings (SSSR count). The molecule has 0 atom stereocenters. The number of hydrogen-bond acceptors (Lipinski definition) is 3. The quantitative estimate of drug-likeness (QED) is 0.475. The average Bonchev–Trinajstić information content (AvgIpc) is 2.56. The van der Waals surface area contributed by atoms with E-state index in [-0.39, 0.29) is 6.09 Å². The molecule has 0 N–H and O–H groups in total. The number of carbonyl (C=O) groups is 1. The van der Waals surface area contributed by atoms with Crippen LogP contribution < -0.4 is 4.90 Å². The van der Waals surface area contributed by atoms with Crippen LogP contribution in [0, 0.1) is 36.7 Å². The van der Waals surface area contributed by atoms with Gasteiger partial charge in [-0.3, -0.25) is 0 Å². The van der Waals surface area contributed by atoms with Crippen molar-refractivity contribution in [2.75, 3.05) is 31.1 Å². The summed E-state index contributed by atoms with van der Waals surface area (Å²) in [4.78, 5) is 16.5. The minimum absolute atomic E-state index is 0.225. The number of halogens is 1. The number of ether oxygens (including phenoxy) is 1. The van der Waals surface area contributed by atoms with Gasteiger partial charge in [0.05, 0.1) is 0 Å². The SMILES string of the molecule is C#CCc1c(C)c(I)c(C)c(N2CCN(C(=O)OC(C)(C)C)CC2)c1C. The highest BCUT2D eigenvalue weighted by Gasteiger charge is 2.28. The molecule has 0 radical (unpaired) electrons. The summed E-state index contributed by atoms with van der Waals surface area (Å²) in [7, 11) is 0. The van der Waals surface area contributed by atoms with Gasteiger partial charge < -0.3 is 14.5 Å². The Balaban J connectivity index is 2.22. The van der Waals surface area contributed by atoms with E-state index < -0.39 is 5.60 Å². The summed E-state index contributed by atoms with van der Waals surface area (Å²) in [6.07, 6.45) is 6.02. The van der Waals surface area contributed by atoms with E-state index in [1.807, 2.05) is 20.8 Å². The van der Waals surface area contributed by atoms with Crippen LogP contribution in [0.2, 0.25) is 0 Å². The Bertz CT molecular complexity index is 736. The predicted molar refractivity (Wildman–Crippen MR) is 116 cm³/mol. The fraction of sp³-hybridized carbons (Fsp3) is 0.571. The Morgan fingerprint density at radius 3 is 2.19 bits per heavy atom. The molecule has 26 heavy (non-hydrogen) atoms. The monoisotopic (exact) mass is 468 g/mol. The predicted octanol–water partition coefficient (Wildman–Crippen LogP) is 4.45. The van der Waals surface area contributed by atoms with Gasteiger partial charge in [0.1, 0.15) is 5.60 Å². The molecule has 1 aromatic carbocycles. The topological polar surface area (TPSA) is 32.8 Å². The number of carbonyl (C=O) groups excluding carboxylic acids is 1. The van der Waals surface area contributed by atoms with Crippen molar-refractivity contribution in [2.24, 2.45) is 0 Å². The second-order valence-electron chi connectivity index (χ2n) is 7.85. The first-order valence-electron chi connectivity index (χ1n) is 9.01. The Hall–Kier alpha value is -1.42. The minimum atomic E-state index is -0.460. The van der Waals surface area contributed by atoms with Gasteiger partial charge in [0.15, 0.2) is 0 Å². The van der Waals surface area contributed by atoms with E-state index in [0.29, 0.717) is 19.5 Å². The molecule has 1 aromatic rings. The molecule has 0 bridgehead atoms. The standard InChI is InChI=1S/C21H29IN2O2/c1-8-9-17-14(2)18(22)16(4)19(15(17)3)23-10-12-24(13-11-23)20(25)26-21(5,6)7/h1H,9-13H2,2-7H3. The summed E-state index contributed by atoms with van der Waals surface area (Å²) in [5.74, 6) is 2.79. The molecule has 0 aromatic heterocycles. The Labute approximate surface area is 171 Å². The van der Waals surface area contributed by atoms with Crippen molar-refractivity contribution < 1.29 is 9.53 Å². The van der Waals surface area contributed by atoms with Gasteiger partial charge in [-0.1, -0.05) is 0 Å². The van der Waals surface area contributed by atoms with E-state index in [1.54, 1.807) is 4.90 Å². The Morgan fingerprint density at radius 2 is 1.69 bits per heavy atom. The lowest BCUT2D eigenvalue weighted by atomic mass is 9.94. The van der Waals surface area contributed by atoms with E-state index >= 15 is 0 Å². The number of rotatable bonds is 2. The third kappa shape index (κ3) is 4.46. The maximum Gasteiger partial charge on any atom is 0.410 e. The van der Waals surface area contributed by atoms with Gasteiger partial charge >= 0.3 is 6.09 Å². The van der Waals surface area contributed by atoms with E-state index in [9.17, 15) is 4.79 Å². The highest BCUT2D eigenvalue weighted by Crippen LogP contribution is 2.35. The third-order valence-corrected chi connectivity index (χ3v) is 6.42. The lowest BCUT2D eigenvalue weighted by molar-refractivity contribution is 0.0240. The first kappa shape index (κ1) is 20.9. The molecular formula is C21H29IN2O2. The van der Waals surface area contributed by atoms with E-state index in [4.69, 9.17) is 11.2 Å². The fourth-order valence-electron chi connectivity index (χ4n) is 3.50. The molecule has 0 unspecified atom stereocenters. The molecule has 142 valence electrons. The molecule has 1 amide bonds. The normalized spacial score (nSPS) is 15.0. The molecule has 4 nitrogen and oxygen atoms in total. The molecule has 1 fully saturated rings. The summed E-state index contributed by atoms with van der Waals surface area (Å²) in [5, 5.41) is 0. The summed E-state index contributed by atoms with van der Waals surface area (Å²) >= 11 is 2.42.